The molecule has 0 unspecified atom stereocenters. The highest BCUT2D eigenvalue weighted by Gasteiger charge is 2.00. The number of rotatable bonds is 6. The summed E-state index contributed by atoms with van der Waals surface area (Å²) < 4.78 is 5.23. The zero-order valence-electron chi connectivity index (χ0n) is 9.36. The highest BCUT2D eigenvalue weighted by molar-refractivity contribution is 5.32. The number of aliphatic hydroxyl groups excluding tert-OH is 1. The highest BCUT2D eigenvalue weighted by Crippen LogP contribution is 2.16. The van der Waals surface area contributed by atoms with Gasteiger partial charge in [-0.25, -0.2) is 0 Å². The molecule has 1 atom stereocenters. The van der Waals surface area contributed by atoms with Crippen molar-refractivity contribution in [2.24, 2.45) is 0 Å². The number of benzene rings is 1. The van der Waals surface area contributed by atoms with Crippen LogP contribution < -0.4 is 10.1 Å². The first kappa shape index (κ1) is 12.0. The summed E-state index contributed by atoms with van der Waals surface area (Å²) in [5.41, 5.74) is 1.14. The second-order valence-corrected chi connectivity index (χ2v) is 3.63. The van der Waals surface area contributed by atoms with Crippen LogP contribution in [-0.2, 0) is 6.54 Å². The Balaban J connectivity index is 2.36. The van der Waals surface area contributed by atoms with Crippen LogP contribution >= 0.6 is 0 Å². The van der Waals surface area contributed by atoms with Crippen LogP contribution in [0.2, 0.25) is 0 Å². The van der Waals surface area contributed by atoms with Crippen LogP contribution in [-0.4, -0.2) is 24.9 Å². The molecule has 1 aromatic rings. The van der Waals surface area contributed by atoms with E-state index < -0.39 is 0 Å². The molecule has 0 saturated heterocycles. The van der Waals surface area contributed by atoms with Gasteiger partial charge >= 0.3 is 0 Å². The molecule has 0 heterocycles. The minimum Gasteiger partial charge on any atom is -0.496 e. The van der Waals surface area contributed by atoms with Gasteiger partial charge in [0, 0.05) is 12.1 Å². The Kier molecular flexibility index (Phi) is 5.15. The van der Waals surface area contributed by atoms with E-state index in [0.717, 1.165) is 30.8 Å². The lowest BCUT2D eigenvalue weighted by molar-refractivity contribution is 0.183. The fourth-order valence-electron chi connectivity index (χ4n) is 1.38. The van der Waals surface area contributed by atoms with Gasteiger partial charge in [-0.05, 0) is 26.0 Å². The maximum atomic E-state index is 9.09. The fraction of sp³-hybridized carbons (Fsp3) is 0.500. The van der Waals surface area contributed by atoms with Gasteiger partial charge in [0.05, 0.1) is 13.2 Å². The van der Waals surface area contributed by atoms with Gasteiger partial charge in [-0.2, -0.15) is 0 Å². The number of methoxy groups -OCH3 is 1. The quantitative estimate of drug-likeness (QED) is 0.699. The Morgan fingerprint density at radius 2 is 2.13 bits per heavy atom. The Morgan fingerprint density at radius 1 is 1.40 bits per heavy atom. The summed E-state index contributed by atoms with van der Waals surface area (Å²) in [4.78, 5) is 0. The molecule has 3 heteroatoms. The third-order valence-electron chi connectivity index (χ3n) is 2.25. The molecule has 0 saturated carbocycles. The van der Waals surface area contributed by atoms with Crippen LogP contribution in [0.15, 0.2) is 24.3 Å². The van der Waals surface area contributed by atoms with Crippen LogP contribution in [0.5, 0.6) is 5.75 Å². The molecule has 1 rings (SSSR count). The number of para-hydroxylation sites is 1. The molecule has 0 fully saturated rings. The van der Waals surface area contributed by atoms with Crippen molar-refractivity contribution in [3.8, 4) is 5.75 Å². The van der Waals surface area contributed by atoms with Crippen molar-refractivity contribution in [3.63, 3.8) is 0 Å². The Hall–Kier alpha value is -1.06. The number of ether oxygens (including phenoxy) is 1. The molecular formula is C12H19NO2. The number of aliphatic hydroxyl groups is 1. The van der Waals surface area contributed by atoms with E-state index in [-0.39, 0.29) is 6.10 Å². The fourth-order valence-corrected chi connectivity index (χ4v) is 1.38. The van der Waals surface area contributed by atoms with E-state index in [2.05, 4.69) is 5.32 Å². The first-order valence-electron chi connectivity index (χ1n) is 5.24. The van der Waals surface area contributed by atoms with Crippen LogP contribution in [0, 0.1) is 0 Å². The third-order valence-corrected chi connectivity index (χ3v) is 2.25. The summed E-state index contributed by atoms with van der Waals surface area (Å²) in [6, 6.07) is 7.94. The van der Waals surface area contributed by atoms with E-state index in [0.29, 0.717) is 0 Å². The molecule has 0 aromatic heterocycles. The summed E-state index contributed by atoms with van der Waals surface area (Å²) in [6.07, 6.45) is 0.532. The molecular weight excluding hydrogens is 190 g/mol. The van der Waals surface area contributed by atoms with E-state index in [1.165, 1.54) is 0 Å². The molecule has 1 aromatic carbocycles. The predicted octanol–water partition coefficient (Wildman–Crippen LogP) is 1.56. The van der Waals surface area contributed by atoms with Crippen molar-refractivity contribution in [1.82, 2.24) is 5.32 Å². The van der Waals surface area contributed by atoms with Gasteiger partial charge in [0.15, 0.2) is 0 Å². The zero-order valence-corrected chi connectivity index (χ0v) is 9.36. The Morgan fingerprint density at radius 3 is 2.80 bits per heavy atom. The van der Waals surface area contributed by atoms with Crippen molar-refractivity contribution in [2.75, 3.05) is 13.7 Å². The summed E-state index contributed by atoms with van der Waals surface area (Å²) in [5, 5.41) is 12.4. The van der Waals surface area contributed by atoms with Gasteiger partial charge in [0.1, 0.15) is 5.75 Å². The lowest BCUT2D eigenvalue weighted by Gasteiger charge is -2.09. The predicted molar refractivity (Wildman–Crippen MR) is 61.0 cm³/mol. The molecule has 2 N–H and O–H groups in total. The second kappa shape index (κ2) is 6.43. The highest BCUT2D eigenvalue weighted by atomic mass is 16.5. The first-order chi connectivity index (χ1) is 7.24. The molecule has 0 aliphatic rings. The minimum atomic E-state index is -0.241. The normalized spacial score (nSPS) is 12.5. The van der Waals surface area contributed by atoms with Crippen LogP contribution in [0.4, 0.5) is 0 Å². The average molecular weight is 209 g/mol. The molecule has 0 amide bonds. The smallest absolute Gasteiger partial charge is 0.123 e. The maximum absolute atomic E-state index is 9.09. The first-order valence-corrected chi connectivity index (χ1v) is 5.24. The van der Waals surface area contributed by atoms with Crippen molar-refractivity contribution in [3.05, 3.63) is 29.8 Å². The van der Waals surface area contributed by atoms with Crippen LogP contribution in [0.3, 0.4) is 0 Å². The van der Waals surface area contributed by atoms with E-state index in [9.17, 15) is 0 Å². The number of hydrogen-bond acceptors (Lipinski definition) is 3. The summed E-state index contributed by atoms with van der Waals surface area (Å²) >= 11 is 0. The lowest BCUT2D eigenvalue weighted by atomic mass is 10.2. The maximum Gasteiger partial charge on any atom is 0.123 e. The second-order valence-electron chi connectivity index (χ2n) is 3.63. The molecule has 0 aliphatic carbocycles. The molecule has 0 radical (unpaired) electrons. The average Bonchev–Trinajstić information content (AvgIpc) is 2.24. The van der Waals surface area contributed by atoms with Gasteiger partial charge in [0.2, 0.25) is 0 Å². The van der Waals surface area contributed by atoms with Crippen molar-refractivity contribution >= 4 is 0 Å². The summed E-state index contributed by atoms with van der Waals surface area (Å²) in [5.74, 6) is 0.905. The Labute approximate surface area is 91.1 Å². The van der Waals surface area contributed by atoms with Crippen molar-refractivity contribution in [2.45, 2.75) is 26.0 Å². The van der Waals surface area contributed by atoms with Gasteiger partial charge in [-0.1, -0.05) is 18.2 Å². The molecule has 84 valence electrons. The van der Waals surface area contributed by atoms with Crippen LogP contribution in [0.25, 0.3) is 0 Å². The van der Waals surface area contributed by atoms with Gasteiger partial charge in [-0.15, -0.1) is 0 Å². The SMILES string of the molecule is COc1ccccc1CNCC[C@H](C)O. The zero-order chi connectivity index (χ0) is 11.1. The monoisotopic (exact) mass is 209 g/mol. The van der Waals surface area contributed by atoms with Crippen LogP contribution in [0.1, 0.15) is 18.9 Å². The minimum absolute atomic E-state index is 0.241. The lowest BCUT2D eigenvalue weighted by Crippen LogP contribution is -2.18. The Bertz CT molecular complexity index is 287. The molecule has 0 spiro atoms. The summed E-state index contributed by atoms with van der Waals surface area (Å²) in [6.45, 7) is 3.39. The van der Waals surface area contributed by atoms with Gasteiger partial charge in [-0.3, -0.25) is 0 Å². The topological polar surface area (TPSA) is 41.5 Å². The number of nitrogens with one attached hydrogen (secondary N) is 1. The van der Waals surface area contributed by atoms with E-state index >= 15 is 0 Å². The van der Waals surface area contributed by atoms with E-state index in [1.54, 1.807) is 14.0 Å². The molecule has 0 bridgehead atoms. The third kappa shape index (κ3) is 4.32. The van der Waals surface area contributed by atoms with E-state index in [1.807, 2.05) is 24.3 Å². The van der Waals surface area contributed by atoms with Crippen molar-refractivity contribution in [1.29, 1.82) is 0 Å². The molecule has 15 heavy (non-hydrogen) atoms. The number of hydrogen-bond donors (Lipinski definition) is 2. The summed E-state index contributed by atoms with van der Waals surface area (Å²) in [7, 11) is 1.68. The van der Waals surface area contributed by atoms with Gasteiger partial charge in [0.25, 0.3) is 0 Å². The standard InChI is InChI=1S/C12H19NO2/c1-10(14)7-8-13-9-11-5-3-4-6-12(11)15-2/h3-6,10,13-14H,7-9H2,1-2H3/t10-/m0/s1. The largest absolute Gasteiger partial charge is 0.496 e. The van der Waals surface area contributed by atoms with Crippen molar-refractivity contribution < 1.29 is 9.84 Å². The molecule has 3 nitrogen and oxygen atoms in total. The van der Waals surface area contributed by atoms with E-state index in [4.69, 9.17) is 9.84 Å². The molecule has 0 aliphatic heterocycles. The van der Waals surface area contributed by atoms with Gasteiger partial charge < -0.3 is 15.2 Å².